The number of halogens is 2. The third-order valence-electron chi connectivity index (χ3n) is 1.95. The van der Waals surface area contributed by atoms with Crippen LogP contribution < -0.4 is 0 Å². The average molecular weight is 224 g/mol. The van der Waals surface area contributed by atoms with Gasteiger partial charge in [-0.05, 0) is 30.3 Å². The minimum atomic E-state index is -0.479. The number of aromatic nitrogens is 1. The van der Waals surface area contributed by atoms with Gasteiger partial charge in [-0.2, -0.15) is 0 Å². The summed E-state index contributed by atoms with van der Waals surface area (Å²) in [5.74, 6) is -0.346. The van der Waals surface area contributed by atoms with E-state index < -0.39 is 5.82 Å². The third-order valence-corrected chi connectivity index (χ3v) is 2.16. The number of hydrogen-bond acceptors (Lipinski definition) is 2. The molecule has 0 amide bonds. The number of aromatic hydroxyl groups is 1. The Morgan fingerprint density at radius 2 is 1.87 bits per heavy atom. The van der Waals surface area contributed by atoms with E-state index in [-0.39, 0.29) is 16.5 Å². The Kier molecular flexibility index (Phi) is 2.56. The molecule has 0 saturated carbocycles. The van der Waals surface area contributed by atoms with E-state index in [0.29, 0.717) is 5.56 Å². The lowest BCUT2D eigenvalue weighted by Crippen LogP contribution is -1.88. The molecule has 2 nitrogen and oxygen atoms in total. The Morgan fingerprint density at radius 3 is 2.47 bits per heavy atom. The van der Waals surface area contributed by atoms with Gasteiger partial charge in [0.2, 0.25) is 0 Å². The van der Waals surface area contributed by atoms with Crippen LogP contribution in [0.15, 0.2) is 36.5 Å². The predicted molar refractivity (Wildman–Crippen MR) is 56.3 cm³/mol. The molecule has 1 N–H and O–H groups in total. The minimum Gasteiger partial charge on any atom is -0.508 e. The smallest absolute Gasteiger partial charge is 0.150 e. The molecule has 2 aromatic rings. The third kappa shape index (κ3) is 2.07. The van der Waals surface area contributed by atoms with E-state index in [4.69, 9.17) is 16.7 Å². The molecule has 4 heteroatoms. The van der Waals surface area contributed by atoms with Crippen LogP contribution in [-0.2, 0) is 0 Å². The maximum atomic E-state index is 13.4. The number of rotatable bonds is 1. The highest BCUT2D eigenvalue weighted by molar-refractivity contribution is 6.30. The monoisotopic (exact) mass is 223 g/mol. The number of hydrogen-bond donors (Lipinski definition) is 1. The molecule has 1 aromatic carbocycles. The van der Waals surface area contributed by atoms with Crippen LogP contribution in [0.3, 0.4) is 0 Å². The molecule has 0 saturated heterocycles. The Labute approximate surface area is 91.0 Å². The first-order chi connectivity index (χ1) is 7.16. The fourth-order valence-corrected chi connectivity index (χ4v) is 1.39. The van der Waals surface area contributed by atoms with Crippen LogP contribution in [0.4, 0.5) is 4.39 Å². The van der Waals surface area contributed by atoms with Crippen LogP contribution >= 0.6 is 11.6 Å². The van der Waals surface area contributed by atoms with Crippen LogP contribution in [0.5, 0.6) is 5.75 Å². The molecule has 0 fully saturated rings. The van der Waals surface area contributed by atoms with Crippen molar-refractivity contribution in [3.8, 4) is 17.0 Å². The summed E-state index contributed by atoms with van der Waals surface area (Å²) in [6.45, 7) is 0. The number of phenolic OH excluding ortho intramolecular Hbond substituents is 1. The molecule has 1 aromatic heterocycles. The highest BCUT2D eigenvalue weighted by Gasteiger charge is 2.06. The molecule has 15 heavy (non-hydrogen) atoms. The summed E-state index contributed by atoms with van der Waals surface area (Å²) in [6.07, 6.45) is 1.38. The lowest BCUT2D eigenvalue weighted by molar-refractivity contribution is 0.475. The molecule has 0 unspecified atom stereocenters. The lowest BCUT2D eigenvalue weighted by Gasteiger charge is -2.02. The molecule has 0 aliphatic carbocycles. The van der Waals surface area contributed by atoms with Gasteiger partial charge in [-0.1, -0.05) is 11.6 Å². The maximum absolute atomic E-state index is 13.4. The van der Waals surface area contributed by atoms with Crippen molar-refractivity contribution in [2.24, 2.45) is 0 Å². The molecular weight excluding hydrogens is 217 g/mol. The van der Waals surface area contributed by atoms with Crippen molar-refractivity contribution in [2.45, 2.75) is 0 Å². The number of benzene rings is 1. The molecule has 0 aliphatic rings. The first-order valence-electron chi connectivity index (χ1n) is 4.27. The van der Waals surface area contributed by atoms with E-state index in [9.17, 15) is 4.39 Å². The zero-order valence-electron chi connectivity index (χ0n) is 7.61. The van der Waals surface area contributed by atoms with E-state index >= 15 is 0 Å². The molecule has 0 aliphatic heterocycles. The van der Waals surface area contributed by atoms with E-state index in [1.807, 2.05) is 0 Å². The number of nitrogens with zero attached hydrogens (tertiary/aromatic N) is 1. The SMILES string of the molecule is Oc1ccc(-c2ncc(Cl)cc2F)cc1. The first kappa shape index (κ1) is 9.93. The molecule has 0 radical (unpaired) electrons. The van der Waals surface area contributed by atoms with Gasteiger partial charge in [0.05, 0.1) is 5.02 Å². The zero-order chi connectivity index (χ0) is 10.8. The van der Waals surface area contributed by atoms with E-state index in [1.165, 1.54) is 24.4 Å². The molecule has 76 valence electrons. The maximum Gasteiger partial charge on any atom is 0.150 e. The fourth-order valence-electron chi connectivity index (χ4n) is 1.25. The summed E-state index contributed by atoms with van der Waals surface area (Å²) < 4.78 is 13.4. The van der Waals surface area contributed by atoms with Gasteiger partial charge in [-0.25, -0.2) is 4.39 Å². The molecule has 2 rings (SSSR count). The van der Waals surface area contributed by atoms with Crippen LogP contribution in [0, 0.1) is 5.82 Å². The van der Waals surface area contributed by atoms with Crippen molar-refractivity contribution in [1.29, 1.82) is 0 Å². The van der Waals surface area contributed by atoms with Gasteiger partial charge in [0.15, 0.2) is 5.82 Å². The zero-order valence-corrected chi connectivity index (χ0v) is 8.37. The van der Waals surface area contributed by atoms with Crippen molar-refractivity contribution in [3.63, 3.8) is 0 Å². The highest BCUT2D eigenvalue weighted by atomic mass is 35.5. The van der Waals surface area contributed by atoms with Crippen molar-refractivity contribution >= 4 is 11.6 Å². The second-order valence-electron chi connectivity index (χ2n) is 3.03. The van der Waals surface area contributed by atoms with Crippen molar-refractivity contribution < 1.29 is 9.50 Å². The number of pyridine rings is 1. The second-order valence-corrected chi connectivity index (χ2v) is 3.47. The van der Waals surface area contributed by atoms with Gasteiger partial charge in [-0.15, -0.1) is 0 Å². The van der Waals surface area contributed by atoms with Crippen molar-refractivity contribution in [2.75, 3.05) is 0 Å². The molecule has 0 bridgehead atoms. The molecule has 0 atom stereocenters. The van der Waals surface area contributed by atoms with E-state index in [0.717, 1.165) is 0 Å². The quantitative estimate of drug-likeness (QED) is 0.805. The van der Waals surface area contributed by atoms with Gasteiger partial charge in [0.1, 0.15) is 11.4 Å². The molecular formula is C11H7ClFNO. The summed E-state index contributed by atoms with van der Waals surface area (Å²) in [4.78, 5) is 3.89. The van der Waals surface area contributed by atoms with Crippen LogP contribution in [0.2, 0.25) is 5.02 Å². The lowest BCUT2D eigenvalue weighted by atomic mass is 10.1. The molecule has 0 spiro atoms. The van der Waals surface area contributed by atoms with Gasteiger partial charge >= 0.3 is 0 Å². The van der Waals surface area contributed by atoms with Crippen LogP contribution in [-0.4, -0.2) is 10.1 Å². The van der Waals surface area contributed by atoms with Gasteiger partial charge < -0.3 is 5.11 Å². The topological polar surface area (TPSA) is 33.1 Å². The number of phenols is 1. The Morgan fingerprint density at radius 1 is 1.20 bits per heavy atom. The average Bonchev–Trinajstić information content (AvgIpc) is 2.20. The summed E-state index contributed by atoms with van der Waals surface area (Å²) >= 11 is 5.59. The van der Waals surface area contributed by atoms with Gasteiger partial charge in [0.25, 0.3) is 0 Å². The van der Waals surface area contributed by atoms with Crippen molar-refractivity contribution in [3.05, 3.63) is 47.4 Å². The predicted octanol–water partition coefficient (Wildman–Crippen LogP) is 3.25. The largest absolute Gasteiger partial charge is 0.508 e. The summed E-state index contributed by atoms with van der Waals surface area (Å²) in [6, 6.07) is 7.34. The fraction of sp³-hybridized carbons (Fsp3) is 0. The Balaban J connectivity index is 2.49. The minimum absolute atomic E-state index is 0.133. The first-order valence-corrected chi connectivity index (χ1v) is 4.65. The van der Waals surface area contributed by atoms with Crippen LogP contribution in [0.25, 0.3) is 11.3 Å². The molecule has 1 heterocycles. The second kappa shape index (κ2) is 3.87. The van der Waals surface area contributed by atoms with Gasteiger partial charge in [0, 0.05) is 11.8 Å². The highest BCUT2D eigenvalue weighted by Crippen LogP contribution is 2.24. The summed E-state index contributed by atoms with van der Waals surface area (Å²) in [5, 5.41) is 9.34. The van der Waals surface area contributed by atoms with Gasteiger partial charge in [-0.3, -0.25) is 4.98 Å². The Hall–Kier alpha value is -1.61. The Bertz CT molecular complexity index is 484. The summed E-state index contributed by atoms with van der Waals surface area (Å²) in [7, 11) is 0. The summed E-state index contributed by atoms with van der Waals surface area (Å²) in [5.41, 5.74) is 0.821. The van der Waals surface area contributed by atoms with E-state index in [1.54, 1.807) is 12.1 Å². The van der Waals surface area contributed by atoms with Crippen LogP contribution in [0.1, 0.15) is 0 Å². The van der Waals surface area contributed by atoms with Crippen molar-refractivity contribution in [1.82, 2.24) is 4.98 Å². The standard InChI is InChI=1S/C11H7ClFNO/c12-8-5-10(13)11(14-6-8)7-1-3-9(15)4-2-7/h1-6,15H. The normalized spacial score (nSPS) is 10.3. The van der Waals surface area contributed by atoms with E-state index in [2.05, 4.69) is 4.98 Å².